The minimum Gasteiger partial charge on any atom is -0.493 e. The highest BCUT2D eigenvalue weighted by Crippen LogP contribution is 2.28. The molecule has 2 aromatic carbocycles. The first-order chi connectivity index (χ1) is 14.8. The number of H-pyrrole nitrogens is 1. The molecule has 11 heteroatoms. The van der Waals surface area contributed by atoms with E-state index in [1.807, 2.05) is 0 Å². The summed E-state index contributed by atoms with van der Waals surface area (Å²) in [6.07, 6.45) is 0.986. The smallest absolute Gasteiger partial charge is 0.333 e. The fraction of sp³-hybridized carbons (Fsp3) is 0.150. The molecule has 1 heterocycles. The predicted octanol–water partition coefficient (Wildman–Crippen LogP) is 2.01. The molecule has 0 unspecified atom stereocenters. The maximum Gasteiger partial charge on any atom is 0.333 e. The zero-order chi connectivity index (χ0) is 22.7. The van der Waals surface area contributed by atoms with Crippen LogP contribution in [-0.2, 0) is 0 Å². The number of aryl methyl sites for hydroxylation is 1. The number of ether oxygens (including phenoxy) is 2. The molecule has 31 heavy (non-hydrogen) atoms. The van der Waals surface area contributed by atoms with Gasteiger partial charge in [0, 0.05) is 29.6 Å². The second-order valence-electron chi connectivity index (χ2n) is 6.40. The molecule has 2 N–H and O–H groups in total. The van der Waals surface area contributed by atoms with Gasteiger partial charge < -0.3 is 19.8 Å². The molecular weight excluding hydrogens is 408 g/mol. The van der Waals surface area contributed by atoms with E-state index in [4.69, 9.17) is 9.47 Å². The van der Waals surface area contributed by atoms with Gasteiger partial charge in [0.2, 0.25) is 0 Å². The average molecular weight is 426 g/mol. The number of nitro groups is 1. The summed E-state index contributed by atoms with van der Waals surface area (Å²) < 4.78 is 11.1. The predicted molar refractivity (Wildman–Crippen MR) is 112 cm³/mol. The number of aromatic nitrogens is 2. The van der Waals surface area contributed by atoms with Crippen molar-refractivity contribution >= 4 is 17.3 Å². The lowest BCUT2D eigenvalue weighted by molar-refractivity contribution is -0.385. The van der Waals surface area contributed by atoms with Gasteiger partial charge in [-0.1, -0.05) is 6.07 Å². The number of hydrogen-bond acceptors (Lipinski definition) is 7. The van der Waals surface area contributed by atoms with Gasteiger partial charge in [0.15, 0.2) is 11.5 Å². The highest BCUT2D eigenvalue weighted by atomic mass is 16.6. The van der Waals surface area contributed by atoms with Crippen LogP contribution >= 0.6 is 0 Å². The van der Waals surface area contributed by atoms with Gasteiger partial charge in [-0.2, -0.15) is 0 Å². The van der Waals surface area contributed by atoms with Crippen LogP contribution in [0.15, 0.2) is 52.2 Å². The highest BCUT2D eigenvalue weighted by molar-refractivity contribution is 6.04. The van der Waals surface area contributed by atoms with Crippen molar-refractivity contribution in [1.29, 1.82) is 0 Å². The maximum absolute atomic E-state index is 12.9. The molecule has 0 atom stereocenters. The van der Waals surface area contributed by atoms with E-state index in [-0.39, 0.29) is 28.4 Å². The summed E-state index contributed by atoms with van der Waals surface area (Å²) in [5.74, 6) is -0.160. The Morgan fingerprint density at radius 2 is 1.81 bits per heavy atom. The quantitative estimate of drug-likeness (QED) is 0.453. The zero-order valence-corrected chi connectivity index (χ0v) is 16.8. The Bertz CT molecular complexity index is 1290. The van der Waals surface area contributed by atoms with E-state index < -0.39 is 22.1 Å². The van der Waals surface area contributed by atoms with Crippen molar-refractivity contribution in [3.05, 3.63) is 84.7 Å². The summed E-state index contributed by atoms with van der Waals surface area (Å²) in [5.41, 5.74) is -1.48. The minimum absolute atomic E-state index is 0.130. The summed E-state index contributed by atoms with van der Waals surface area (Å²) in [6.45, 7) is 1.56. The Kier molecular flexibility index (Phi) is 5.86. The first-order valence-electron chi connectivity index (χ1n) is 8.90. The molecule has 0 aliphatic carbocycles. The van der Waals surface area contributed by atoms with Crippen LogP contribution in [0.1, 0.15) is 15.9 Å². The summed E-state index contributed by atoms with van der Waals surface area (Å²) in [7, 11) is 2.84. The highest BCUT2D eigenvalue weighted by Gasteiger charge is 2.19. The number of aromatic amines is 1. The summed E-state index contributed by atoms with van der Waals surface area (Å²) >= 11 is 0. The number of rotatable bonds is 6. The van der Waals surface area contributed by atoms with E-state index in [2.05, 4.69) is 10.3 Å². The van der Waals surface area contributed by atoms with Gasteiger partial charge in [0.1, 0.15) is 5.56 Å². The minimum atomic E-state index is -0.880. The van der Waals surface area contributed by atoms with Crippen molar-refractivity contribution < 1.29 is 19.2 Å². The number of carbonyl (C=O) groups is 1. The molecular formula is C20H18N4O7. The van der Waals surface area contributed by atoms with Crippen molar-refractivity contribution in [2.45, 2.75) is 6.92 Å². The van der Waals surface area contributed by atoms with Crippen LogP contribution in [-0.4, -0.2) is 34.6 Å². The lowest BCUT2D eigenvalue weighted by Gasteiger charge is -2.11. The Hall–Kier alpha value is -4.41. The number of carbonyl (C=O) groups excluding carboxylic acids is 1. The van der Waals surface area contributed by atoms with Crippen molar-refractivity contribution in [3.63, 3.8) is 0 Å². The van der Waals surface area contributed by atoms with Gasteiger partial charge in [-0.15, -0.1) is 0 Å². The van der Waals surface area contributed by atoms with Crippen LogP contribution in [0.25, 0.3) is 5.69 Å². The summed E-state index contributed by atoms with van der Waals surface area (Å²) in [5, 5.41) is 13.5. The van der Waals surface area contributed by atoms with Crippen LogP contribution in [0.5, 0.6) is 11.5 Å². The third-order valence-corrected chi connectivity index (χ3v) is 4.51. The lowest BCUT2D eigenvalue weighted by atomic mass is 10.2. The molecule has 3 rings (SSSR count). The Labute approximate surface area is 175 Å². The molecule has 1 amide bonds. The number of methoxy groups -OCH3 is 2. The monoisotopic (exact) mass is 426 g/mol. The van der Waals surface area contributed by atoms with Gasteiger partial charge in [-0.25, -0.2) is 9.36 Å². The largest absolute Gasteiger partial charge is 0.493 e. The van der Waals surface area contributed by atoms with Crippen LogP contribution in [0.2, 0.25) is 0 Å². The van der Waals surface area contributed by atoms with Crippen LogP contribution in [0.4, 0.5) is 11.4 Å². The van der Waals surface area contributed by atoms with Crippen molar-refractivity contribution in [1.82, 2.24) is 9.55 Å². The van der Waals surface area contributed by atoms with E-state index in [0.29, 0.717) is 11.3 Å². The second kappa shape index (κ2) is 8.53. The van der Waals surface area contributed by atoms with Gasteiger partial charge in [0.05, 0.1) is 24.8 Å². The van der Waals surface area contributed by atoms with E-state index in [9.17, 15) is 24.5 Å². The average Bonchev–Trinajstić information content (AvgIpc) is 2.74. The van der Waals surface area contributed by atoms with Gasteiger partial charge in [0.25, 0.3) is 17.2 Å². The molecule has 0 fully saturated rings. The number of hydrogen-bond donors (Lipinski definition) is 2. The molecule has 0 aliphatic heterocycles. The standard InChI is InChI=1S/C20H18N4O7/c1-11-4-5-12(8-15(11)24(28)29)22-18(25)14-10-21-20(27)23(19(14)26)13-6-7-16(30-2)17(9-13)31-3/h4-10H,1-3H3,(H,21,27)(H,22,25). The van der Waals surface area contributed by atoms with Crippen molar-refractivity contribution in [2.24, 2.45) is 0 Å². The fourth-order valence-corrected chi connectivity index (χ4v) is 2.92. The number of anilines is 1. The van der Waals surface area contributed by atoms with E-state index in [1.165, 1.54) is 50.6 Å². The van der Waals surface area contributed by atoms with E-state index in [1.54, 1.807) is 6.92 Å². The Balaban J connectivity index is 2.02. The first kappa shape index (κ1) is 21.3. The molecule has 0 bridgehead atoms. The SMILES string of the molecule is COc1ccc(-n2c(=O)[nH]cc(C(=O)Nc3ccc(C)c([N+](=O)[O-])c3)c2=O)cc1OC. The Morgan fingerprint density at radius 3 is 2.45 bits per heavy atom. The molecule has 0 saturated heterocycles. The van der Waals surface area contributed by atoms with Crippen molar-refractivity contribution in [2.75, 3.05) is 19.5 Å². The van der Waals surface area contributed by atoms with Gasteiger partial charge in [-0.05, 0) is 25.1 Å². The molecule has 3 aromatic rings. The maximum atomic E-state index is 12.9. The molecule has 0 aliphatic rings. The summed E-state index contributed by atoms with van der Waals surface area (Å²) in [6, 6.07) is 8.52. The molecule has 0 radical (unpaired) electrons. The summed E-state index contributed by atoms with van der Waals surface area (Å²) in [4.78, 5) is 50.8. The van der Waals surface area contributed by atoms with Crippen molar-refractivity contribution in [3.8, 4) is 17.2 Å². The van der Waals surface area contributed by atoms with E-state index in [0.717, 1.165) is 10.8 Å². The molecule has 1 aromatic heterocycles. The fourth-order valence-electron chi connectivity index (χ4n) is 2.92. The normalized spacial score (nSPS) is 10.4. The van der Waals surface area contributed by atoms with E-state index >= 15 is 0 Å². The van der Waals surface area contributed by atoms with Crippen LogP contribution in [0, 0.1) is 17.0 Å². The number of nitrogens with one attached hydrogen (secondary N) is 2. The van der Waals surface area contributed by atoms with Crippen LogP contribution < -0.4 is 26.0 Å². The second-order valence-corrected chi connectivity index (χ2v) is 6.40. The molecule has 0 saturated carbocycles. The number of amides is 1. The number of nitro benzene ring substituents is 1. The lowest BCUT2D eigenvalue weighted by Crippen LogP contribution is -2.38. The van der Waals surface area contributed by atoms with Gasteiger partial charge >= 0.3 is 5.69 Å². The van der Waals surface area contributed by atoms with Gasteiger partial charge in [-0.3, -0.25) is 19.7 Å². The number of nitrogens with zero attached hydrogens (tertiary/aromatic N) is 2. The third-order valence-electron chi connectivity index (χ3n) is 4.51. The third kappa shape index (κ3) is 4.15. The number of benzene rings is 2. The topological polar surface area (TPSA) is 146 Å². The first-order valence-corrected chi connectivity index (χ1v) is 8.90. The molecule has 0 spiro atoms. The Morgan fingerprint density at radius 1 is 1.10 bits per heavy atom. The van der Waals surface area contributed by atoms with Crippen LogP contribution in [0.3, 0.4) is 0 Å². The molecule has 11 nitrogen and oxygen atoms in total. The zero-order valence-electron chi connectivity index (χ0n) is 16.8. The molecule has 160 valence electrons.